The number of piperidine rings is 1. The molecule has 0 bridgehead atoms. The highest BCUT2D eigenvalue weighted by molar-refractivity contribution is 7.89. The fraction of sp³-hybridized carbons (Fsp3) is 0.412. The number of halogens is 1. The van der Waals surface area contributed by atoms with Gasteiger partial charge in [0.15, 0.2) is 5.76 Å². The molecule has 0 spiro atoms. The van der Waals surface area contributed by atoms with Crippen LogP contribution in [0.1, 0.15) is 24.3 Å². The Bertz CT molecular complexity index is 898. The van der Waals surface area contributed by atoms with Gasteiger partial charge in [-0.15, -0.1) is 0 Å². The Morgan fingerprint density at radius 2 is 2.00 bits per heavy atom. The van der Waals surface area contributed by atoms with Crippen molar-refractivity contribution in [2.45, 2.75) is 31.6 Å². The Kier molecular flexibility index (Phi) is 5.36. The number of nitrogens with zero attached hydrogens (tertiary/aromatic N) is 2. The highest BCUT2D eigenvalue weighted by Gasteiger charge is 2.35. The molecule has 1 aromatic heterocycles. The summed E-state index contributed by atoms with van der Waals surface area (Å²) in [5.74, 6) is -0.0879. The molecule has 9 heteroatoms. The molecule has 1 aromatic carbocycles. The summed E-state index contributed by atoms with van der Waals surface area (Å²) in [5, 5.41) is 7.10. The summed E-state index contributed by atoms with van der Waals surface area (Å²) in [4.78, 5) is 12.5. The van der Waals surface area contributed by atoms with Gasteiger partial charge in [-0.3, -0.25) is 4.79 Å². The number of carbonyl (C=O) groups is 1. The summed E-state index contributed by atoms with van der Waals surface area (Å²) in [5.41, 5.74) is 0.983. The van der Waals surface area contributed by atoms with Gasteiger partial charge in [0.2, 0.25) is 15.9 Å². The van der Waals surface area contributed by atoms with E-state index in [2.05, 4.69) is 10.5 Å². The zero-order valence-electron chi connectivity index (χ0n) is 14.5. The molecule has 1 amide bonds. The Labute approximate surface area is 157 Å². The van der Waals surface area contributed by atoms with Gasteiger partial charge in [0, 0.05) is 29.7 Å². The molecule has 1 N–H and O–H groups in total. The van der Waals surface area contributed by atoms with E-state index in [1.807, 2.05) is 0 Å². The number of anilines is 1. The molecule has 1 aliphatic heterocycles. The van der Waals surface area contributed by atoms with Gasteiger partial charge in [-0.1, -0.05) is 22.8 Å². The average molecular weight is 398 g/mol. The van der Waals surface area contributed by atoms with Crippen molar-refractivity contribution in [1.82, 2.24) is 9.46 Å². The molecule has 1 fully saturated rings. The van der Waals surface area contributed by atoms with E-state index in [-0.39, 0.29) is 35.6 Å². The maximum absolute atomic E-state index is 12.8. The third-order valence-corrected chi connectivity index (χ3v) is 6.86. The van der Waals surface area contributed by atoms with Crippen molar-refractivity contribution in [3.8, 4) is 0 Å². The molecule has 0 unspecified atom stereocenters. The molecular weight excluding hydrogens is 378 g/mol. The zero-order valence-corrected chi connectivity index (χ0v) is 16.1. The largest absolute Gasteiger partial charge is 0.360 e. The number of rotatable bonds is 4. The van der Waals surface area contributed by atoms with Gasteiger partial charge in [-0.05, 0) is 44.9 Å². The van der Waals surface area contributed by atoms with Crippen molar-refractivity contribution in [1.29, 1.82) is 0 Å². The maximum atomic E-state index is 12.8. The predicted molar refractivity (Wildman–Crippen MR) is 97.5 cm³/mol. The van der Waals surface area contributed by atoms with Crippen LogP contribution < -0.4 is 5.32 Å². The number of aryl methyl sites for hydroxylation is 2. The van der Waals surface area contributed by atoms with Crippen molar-refractivity contribution in [2.24, 2.45) is 5.92 Å². The summed E-state index contributed by atoms with van der Waals surface area (Å²) in [6, 6.07) is 6.93. The van der Waals surface area contributed by atoms with Crippen LogP contribution in [0.2, 0.25) is 5.02 Å². The summed E-state index contributed by atoms with van der Waals surface area (Å²) >= 11 is 5.92. The third-order valence-electron chi connectivity index (χ3n) is 4.48. The molecule has 1 aliphatic rings. The first-order valence-electron chi connectivity index (χ1n) is 8.28. The molecule has 140 valence electrons. The van der Waals surface area contributed by atoms with Crippen LogP contribution in [-0.2, 0) is 14.8 Å². The lowest BCUT2D eigenvalue weighted by Gasteiger charge is -2.30. The number of nitrogens with one attached hydrogen (secondary N) is 1. The Balaban J connectivity index is 1.65. The number of hydrogen-bond donors (Lipinski definition) is 1. The zero-order chi connectivity index (χ0) is 18.9. The van der Waals surface area contributed by atoms with E-state index in [1.54, 1.807) is 38.1 Å². The lowest BCUT2D eigenvalue weighted by molar-refractivity contribution is -0.120. The molecule has 3 rings (SSSR count). The first kappa shape index (κ1) is 18.9. The van der Waals surface area contributed by atoms with E-state index in [1.165, 1.54) is 4.31 Å². The van der Waals surface area contributed by atoms with Gasteiger partial charge in [0.05, 0.1) is 0 Å². The van der Waals surface area contributed by atoms with Crippen LogP contribution in [0, 0.1) is 19.8 Å². The van der Waals surface area contributed by atoms with Crippen molar-refractivity contribution >= 4 is 33.2 Å². The van der Waals surface area contributed by atoms with Gasteiger partial charge >= 0.3 is 0 Å². The molecule has 0 atom stereocenters. The van der Waals surface area contributed by atoms with Crippen molar-refractivity contribution in [3.63, 3.8) is 0 Å². The first-order chi connectivity index (χ1) is 12.3. The monoisotopic (exact) mass is 397 g/mol. The van der Waals surface area contributed by atoms with Crippen molar-refractivity contribution in [2.75, 3.05) is 18.4 Å². The van der Waals surface area contributed by atoms with E-state index < -0.39 is 10.0 Å². The minimum atomic E-state index is -3.67. The second-order valence-electron chi connectivity index (χ2n) is 6.33. The van der Waals surface area contributed by atoms with Crippen molar-refractivity contribution < 1.29 is 17.7 Å². The highest BCUT2D eigenvalue weighted by Crippen LogP contribution is 2.28. The number of benzene rings is 1. The second kappa shape index (κ2) is 7.38. The Morgan fingerprint density at radius 1 is 1.31 bits per heavy atom. The van der Waals surface area contributed by atoms with E-state index in [9.17, 15) is 13.2 Å². The first-order valence-corrected chi connectivity index (χ1v) is 10.1. The maximum Gasteiger partial charge on any atom is 0.248 e. The number of carbonyl (C=O) groups excluding carboxylic acids is 1. The lowest BCUT2D eigenvalue weighted by Crippen LogP contribution is -2.41. The number of sulfonamides is 1. The van der Waals surface area contributed by atoms with Crippen LogP contribution in [-0.4, -0.2) is 36.9 Å². The predicted octanol–water partition coefficient (Wildman–Crippen LogP) is 2.98. The summed E-state index contributed by atoms with van der Waals surface area (Å²) in [6.45, 7) is 3.74. The second-order valence-corrected chi connectivity index (χ2v) is 8.64. The summed E-state index contributed by atoms with van der Waals surface area (Å²) in [7, 11) is -3.67. The minimum absolute atomic E-state index is 0.123. The van der Waals surface area contributed by atoms with Gasteiger partial charge < -0.3 is 9.84 Å². The SMILES string of the molecule is Cc1noc(C)c1S(=O)(=O)N1CCC(C(=O)Nc2cccc(Cl)c2)CC1. The topological polar surface area (TPSA) is 92.5 Å². The fourth-order valence-corrected chi connectivity index (χ4v) is 5.09. The molecule has 0 aliphatic carbocycles. The minimum Gasteiger partial charge on any atom is -0.360 e. The molecule has 2 aromatic rings. The van der Waals surface area contributed by atoms with Crippen LogP contribution in [0.15, 0.2) is 33.7 Å². The fourth-order valence-electron chi connectivity index (χ4n) is 3.14. The summed E-state index contributed by atoms with van der Waals surface area (Å²) in [6.07, 6.45) is 0.907. The van der Waals surface area contributed by atoms with Crippen LogP contribution in [0.25, 0.3) is 0 Å². The molecule has 0 radical (unpaired) electrons. The van der Waals surface area contributed by atoms with E-state index in [4.69, 9.17) is 16.1 Å². The Hall–Kier alpha value is -1.90. The van der Waals surface area contributed by atoms with Crippen molar-refractivity contribution in [3.05, 3.63) is 40.7 Å². The van der Waals surface area contributed by atoms with Crippen LogP contribution in [0.5, 0.6) is 0 Å². The summed E-state index contributed by atoms with van der Waals surface area (Å²) < 4.78 is 32.0. The van der Waals surface area contributed by atoms with E-state index in [0.29, 0.717) is 29.2 Å². The lowest BCUT2D eigenvalue weighted by atomic mass is 9.97. The Morgan fingerprint density at radius 3 is 2.58 bits per heavy atom. The van der Waals surface area contributed by atoms with Crippen LogP contribution >= 0.6 is 11.6 Å². The number of amides is 1. The van der Waals surface area contributed by atoms with Gasteiger partial charge in [0.25, 0.3) is 0 Å². The third kappa shape index (κ3) is 3.77. The number of hydrogen-bond acceptors (Lipinski definition) is 5. The highest BCUT2D eigenvalue weighted by atomic mass is 35.5. The van der Waals surface area contributed by atoms with Crippen LogP contribution in [0.3, 0.4) is 0 Å². The standard InChI is InChI=1S/C17H20ClN3O4S/c1-11-16(12(2)25-20-11)26(23,24)21-8-6-13(7-9-21)17(22)19-15-5-3-4-14(18)10-15/h3-5,10,13H,6-9H2,1-2H3,(H,19,22). The van der Waals surface area contributed by atoms with Crippen LogP contribution in [0.4, 0.5) is 5.69 Å². The molecule has 26 heavy (non-hydrogen) atoms. The molecular formula is C17H20ClN3O4S. The molecule has 7 nitrogen and oxygen atoms in total. The van der Waals surface area contributed by atoms with Gasteiger partial charge in [-0.2, -0.15) is 4.31 Å². The van der Waals surface area contributed by atoms with E-state index >= 15 is 0 Å². The quantitative estimate of drug-likeness (QED) is 0.856. The van der Waals surface area contributed by atoms with Gasteiger partial charge in [-0.25, -0.2) is 8.42 Å². The molecule has 2 heterocycles. The number of aromatic nitrogens is 1. The molecule has 1 saturated heterocycles. The smallest absolute Gasteiger partial charge is 0.248 e. The molecule has 0 saturated carbocycles. The van der Waals surface area contributed by atoms with E-state index in [0.717, 1.165) is 0 Å². The average Bonchev–Trinajstić information content (AvgIpc) is 2.94. The normalized spacial score (nSPS) is 16.6. The van der Waals surface area contributed by atoms with Gasteiger partial charge in [0.1, 0.15) is 10.6 Å².